The molecular formula is C7H9FN2O. The van der Waals surface area contributed by atoms with E-state index in [4.69, 9.17) is 10.8 Å². The van der Waals surface area contributed by atoms with Crippen molar-refractivity contribution in [3.63, 3.8) is 0 Å². The van der Waals surface area contributed by atoms with Gasteiger partial charge in [0.15, 0.2) is 0 Å². The highest BCUT2D eigenvalue weighted by molar-refractivity contribution is 5.27. The van der Waals surface area contributed by atoms with E-state index in [0.29, 0.717) is 5.56 Å². The summed E-state index contributed by atoms with van der Waals surface area (Å²) in [4.78, 5) is 3.40. The van der Waals surface area contributed by atoms with Crippen molar-refractivity contribution >= 4 is 0 Å². The molecule has 0 radical (unpaired) electrons. The van der Waals surface area contributed by atoms with Crippen molar-refractivity contribution in [2.24, 2.45) is 5.73 Å². The standard InChI is InChI=1S/C7H9FN2O/c1-4(9)6-2-5(8)3-10-7(6)11/h2-4H,9H2,1H3,(H,10,11)/t4-/m1/s1. The molecule has 0 aromatic carbocycles. The highest BCUT2D eigenvalue weighted by Gasteiger charge is 2.07. The van der Waals surface area contributed by atoms with Crippen molar-refractivity contribution in [1.82, 2.24) is 4.98 Å². The van der Waals surface area contributed by atoms with Crippen molar-refractivity contribution in [1.29, 1.82) is 0 Å². The van der Waals surface area contributed by atoms with Gasteiger partial charge in [0, 0.05) is 11.6 Å². The fourth-order valence-electron chi connectivity index (χ4n) is 0.783. The van der Waals surface area contributed by atoms with E-state index in [0.717, 1.165) is 6.20 Å². The SMILES string of the molecule is C[C@@H](N)c1cc(F)cnc1O. The molecule has 1 aromatic rings. The van der Waals surface area contributed by atoms with E-state index >= 15 is 0 Å². The normalized spacial score (nSPS) is 13.0. The predicted octanol–water partition coefficient (Wildman–Crippen LogP) is 0.946. The van der Waals surface area contributed by atoms with E-state index in [1.165, 1.54) is 6.07 Å². The molecule has 0 spiro atoms. The lowest BCUT2D eigenvalue weighted by molar-refractivity contribution is 0.437. The Hall–Kier alpha value is -1.16. The van der Waals surface area contributed by atoms with Crippen LogP contribution in [0.1, 0.15) is 18.5 Å². The number of nitrogens with zero attached hydrogens (tertiary/aromatic N) is 1. The van der Waals surface area contributed by atoms with Crippen LogP contribution in [-0.2, 0) is 0 Å². The van der Waals surface area contributed by atoms with Crippen LogP contribution in [0.25, 0.3) is 0 Å². The molecule has 1 rings (SSSR count). The van der Waals surface area contributed by atoms with Crippen molar-refractivity contribution in [3.8, 4) is 5.88 Å². The summed E-state index contributed by atoms with van der Waals surface area (Å²) < 4.78 is 12.5. The molecule has 0 bridgehead atoms. The number of aromatic hydroxyl groups is 1. The van der Waals surface area contributed by atoms with Crippen LogP contribution in [0.4, 0.5) is 4.39 Å². The van der Waals surface area contributed by atoms with Gasteiger partial charge in [0.25, 0.3) is 0 Å². The third-order valence-electron chi connectivity index (χ3n) is 1.35. The quantitative estimate of drug-likeness (QED) is 0.636. The van der Waals surface area contributed by atoms with Gasteiger partial charge in [-0.25, -0.2) is 9.37 Å². The monoisotopic (exact) mass is 156 g/mol. The van der Waals surface area contributed by atoms with Crippen LogP contribution in [0, 0.1) is 5.82 Å². The lowest BCUT2D eigenvalue weighted by Gasteiger charge is -2.05. The first-order chi connectivity index (χ1) is 5.11. The summed E-state index contributed by atoms with van der Waals surface area (Å²) >= 11 is 0. The number of nitrogens with two attached hydrogens (primary N) is 1. The molecule has 0 aliphatic carbocycles. The van der Waals surface area contributed by atoms with E-state index in [9.17, 15) is 4.39 Å². The topological polar surface area (TPSA) is 59.1 Å². The Morgan fingerprint density at radius 1 is 1.73 bits per heavy atom. The summed E-state index contributed by atoms with van der Waals surface area (Å²) in [5.41, 5.74) is 5.74. The molecule has 4 heteroatoms. The smallest absolute Gasteiger partial charge is 0.215 e. The molecule has 0 fully saturated rings. The number of rotatable bonds is 1. The van der Waals surface area contributed by atoms with Gasteiger partial charge in [0.1, 0.15) is 5.82 Å². The minimum Gasteiger partial charge on any atom is -0.493 e. The van der Waals surface area contributed by atoms with Crippen molar-refractivity contribution < 1.29 is 9.50 Å². The average molecular weight is 156 g/mol. The van der Waals surface area contributed by atoms with Crippen molar-refractivity contribution in [2.75, 3.05) is 0 Å². The molecule has 60 valence electrons. The Kier molecular flexibility index (Phi) is 2.05. The molecule has 0 unspecified atom stereocenters. The first kappa shape index (κ1) is 7.94. The van der Waals surface area contributed by atoms with Crippen LogP contribution in [0.2, 0.25) is 0 Å². The molecule has 1 aromatic heterocycles. The van der Waals surface area contributed by atoms with Gasteiger partial charge in [-0.05, 0) is 13.0 Å². The second-order valence-corrected chi connectivity index (χ2v) is 2.36. The van der Waals surface area contributed by atoms with E-state index in [1.807, 2.05) is 0 Å². The molecule has 3 N–H and O–H groups in total. The summed E-state index contributed by atoms with van der Waals surface area (Å²) in [5.74, 6) is -0.698. The second-order valence-electron chi connectivity index (χ2n) is 2.36. The fourth-order valence-corrected chi connectivity index (χ4v) is 0.783. The Labute approximate surface area is 63.7 Å². The third kappa shape index (κ3) is 1.65. The van der Waals surface area contributed by atoms with Gasteiger partial charge in [-0.2, -0.15) is 0 Å². The Morgan fingerprint density at radius 2 is 2.36 bits per heavy atom. The van der Waals surface area contributed by atoms with Gasteiger partial charge in [-0.3, -0.25) is 0 Å². The summed E-state index contributed by atoms with van der Waals surface area (Å²) in [5, 5.41) is 9.05. The predicted molar refractivity (Wildman–Crippen MR) is 38.5 cm³/mol. The number of aromatic nitrogens is 1. The van der Waals surface area contributed by atoms with Gasteiger partial charge < -0.3 is 10.8 Å². The van der Waals surface area contributed by atoms with Crippen LogP contribution in [0.3, 0.4) is 0 Å². The van der Waals surface area contributed by atoms with Crippen LogP contribution >= 0.6 is 0 Å². The van der Waals surface area contributed by atoms with Crippen molar-refractivity contribution in [2.45, 2.75) is 13.0 Å². The van der Waals surface area contributed by atoms with Crippen LogP contribution in [0.15, 0.2) is 12.3 Å². The van der Waals surface area contributed by atoms with Gasteiger partial charge in [0.05, 0.1) is 6.20 Å². The Balaban J connectivity index is 3.13. The molecule has 1 atom stereocenters. The van der Waals surface area contributed by atoms with Crippen LogP contribution in [-0.4, -0.2) is 10.1 Å². The first-order valence-electron chi connectivity index (χ1n) is 3.21. The maximum Gasteiger partial charge on any atom is 0.215 e. The minimum absolute atomic E-state index is 0.207. The second kappa shape index (κ2) is 2.84. The number of halogens is 1. The first-order valence-corrected chi connectivity index (χ1v) is 3.21. The zero-order chi connectivity index (χ0) is 8.43. The van der Waals surface area contributed by atoms with E-state index < -0.39 is 11.9 Å². The van der Waals surface area contributed by atoms with Crippen LogP contribution < -0.4 is 5.73 Å². The third-order valence-corrected chi connectivity index (χ3v) is 1.35. The number of hydrogen-bond donors (Lipinski definition) is 2. The molecule has 0 aliphatic heterocycles. The molecule has 0 saturated heterocycles. The van der Waals surface area contributed by atoms with E-state index in [1.54, 1.807) is 6.92 Å². The molecule has 1 heterocycles. The highest BCUT2D eigenvalue weighted by atomic mass is 19.1. The van der Waals surface area contributed by atoms with Crippen LogP contribution in [0.5, 0.6) is 5.88 Å². The van der Waals surface area contributed by atoms with Gasteiger partial charge in [0.2, 0.25) is 5.88 Å². The maximum absolute atomic E-state index is 12.5. The van der Waals surface area contributed by atoms with E-state index in [-0.39, 0.29) is 5.88 Å². The zero-order valence-electron chi connectivity index (χ0n) is 6.08. The number of pyridine rings is 1. The average Bonchev–Trinajstić information content (AvgIpc) is 1.94. The lowest BCUT2D eigenvalue weighted by atomic mass is 10.1. The number of hydrogen-bond acceptors (Lipinski definition) is 3. The van der Waals surface area contributed by atoms with Gasteiger partial charge in [-0.1, -0.05) is 0 Å². The Morgan fingerprint density at radius 3 is 2.82 bits per heavy atom. The summed E-state index contributed by atoms with van der Waals surface area (Å²) in [6, 6.07) is 0.769. The van der Waals surface area contributed by atoms with Gasteiger partial charge >= 0.3 is 0 Å². The molecule has 3 nitrogen and oxygen atoms in total. The highest BCUT2D eigenvalue weighted by Crippen LogP contribution is 2.19. The summed E-state index contributed by atoms with van der Waals surface area (Å²) in [6.45, 7) is 1.65. The molecule has 0 amide bonds. The van der Waals surface area contributed by atoms with E-state index in [2.05, 4.69) is 4.98 Å². The zero-order valence-corrected chi connectivity index (χ0v) is 6.08. The fraction of sp³-hybridized carbons (Fsp3) is 0.286. The minimum atomic E-state index is -0.491. The van der Waals surface area contributed by atoms with Crippen molar-refractivity contribution in [3.05, 3.63) is 23.6 Å². The molecule has 0 aliphatic rings. The Bertz CT molecular complexity index is 263. The largest absolute Gasteiger partial charge is 0.493 e. The lowest BCUT2D eigenvalue weighted by Crippen LogP contribution is -2.06. The molecule has 0 saturated carbocycles. The van der Waals surface area contributed by atoms with Gasteiger partial charge in [-0.15, -0.1) is 0 Å². The molecule has 11 heavy (non-hydrogen) atoms. The summed E-state index contributed by atoms with van der Waals surface area (Å²) in [7, 11) is 0. The maximum atomic E-state index is 12.5. The molecular weight excluding hydrogens is 147 g/mol. The summed E-state index contributed by atoms with van der Waals surface area (Å²) in [6.07, 6.45) is 0.946.